The molecule has 1 fully saturated rings. The van der Waals surface area contributed by atoms with Crippen LogP contribution in [0.1, 0.15) is 33.6 Å². The second-order valence-electron chi connectivity index (χ2n) is 9.22. The van der Waals surface area contributed by atoms with E-state index in [-0.39, 0.29) is 29.3 Å². The number of imidazole rings is 1. The standard InChI is InChI=1S/C22H26FN7O4/c1-22(2,3)34-21(31)28-8-4-5-14(12-28)9-25-20-17(30(32)33)11-26-19(27-20)16-10-24-18-7-6-15(23)13-29(16)18/h6-7,10-11,13-14H,4-5,8-9,12H2,1-3H3,(H,25,26,27). The average Bonchev–Trinajstić information content (AvgIpc) is 3.19. The molecule has 3 aromatic heterocycles. The van der Waals surface area contributed by atoms with E-state index in [1.165, 1.54) is 28.9 Å². The smallest absolute Gasteiger partial charge is 0.410 e. The number of carbonyl (C=O) groups is 1. The molecular weight excluding hydrogens is 445 g/mol. The molecule has 1 aliphatic heterocycles. The molecule has 3 aromatic rings. The highest BCUT2D eigenvalue weighted by molar-refractivity contribution is 5.68. The molecule has 4 rings (SSSR count). The van der Waals surface area contributed by atoms with Gasteiger partial charge >= 0.3 is 11.8 Å². The summed E-state index contributed by atoms with van der Waals surface area (Å²) in [6.07, 6.45) is 5.15. The molecule has 0 aromatic carbocycles. The van der Waals surface area contributed by atoms with Crippen molar-refractivity contribution in [2.75, 3.05) is 25.0 Å². The molecule has 4 heterocycles. The Morgan fingerprint density at radius 2 is 2.12 bits per heavy atom. The second kappa shape index (κ2) is 9.20. The zero-order chi connectivity index (χ0) is 24.5. The molecule has 11 nitrogen and oxygen atoms in total. The number of likely N-dealkylation sites (tertiary alicyclic amines) is 1. The van der Waals surface area contributed by atoms with Gasteiger partial charge in [-0.1, -0.05) is 0 Å². The maximum absolute atomic E-state index is 13.7. The van der Waals surface area contributed by atoms with Crippen LogP contribution in [0.15, 0.2) is 30.7 Å². The van der Waals surface area contributed by atoms with Crippen LogP contribution >= 0.6 is 0 Å². The van der Waals surface area contributed by atoms with Crippen molar-refractivity contribution in [1.82, 2.24) is 24.3 Å². The summed E-state index contributed by atoms with van der Waals surface area (Å²) in [6.45, 7) is 6.90. The molecule has 1 unspecified atom stereocenters. The van der Waals surface area contributed by atoms with Gasteiger partial charge in [-0.2, -0.15) is 0 Å². The van der Waals surface area contributed by atoms with E-state index in [1.807, 2.05) is 20.8 Å². The minimum absolute atomic E-state index is 0.0516. The quantitative estimate of drug-likeness (QED) is 0.438. The van der Waals surface area contributed by atoms with Crippen LogP contribution in [0.2, 0.25) is 0 Å². The fraction of sp³-hybridized carbons (Fsp3) is 0.455. The molecule has 34 heavy (non-hydrogen) atoms. The minimum atomic E-state index is -0.582. The van der Waals surface area contributed by atoms with E-state index in [9.17, 15) is 19.3 Å². The number of ether oxygens (including phenoxy) is 1. The van der Waals surface area contributed by atoms with Crippen molar-refractivity contribution in [1.29, 1.82) is 0 Å². The van der Waals surface area contributed by atoms with Gasteiger partial charge < -0.3 is 15.0 Å². The molecule has 180 valence electrons. The van der Waals surface area contributed by atoms with Gasteiger partial charge in [-0.3, -0.25) is 14.5 Å². The van der Waals surface area contributed by atoms with E-state index in [4.69, 9.17) is 4.74 Å². The predicted octanol–water partition coefficient (Wildman–Crippen LogP) is 3.90. The number of aromatic nitrogens is 4. The molecule has 0 bridgehead atoms. The molecule has 0 radical (unpaired) electrons. The summed E-state index contributed by atoms with van der Waals surface area (Å²) >= 11 is 0. The molecule has 0 aliphatic carbocycles. The Labute approximate surface area is 195 Å². The van der Waals surface area contributed by atoms with Crippen LogP contribution in [0, 0.1) is 21.8 Å². The summed E-state index contributed by atoms with van der Waals surface area (Å²) < 4.78 is 20.7. The molecule has 0 saturated carbocycles. The maximum atomic E-state index is 13.7. The van der Waals surface area contributed by atoms with Gasteiger partial charge in [0.15, 0.2) is 5.82 Å². The maximum Gasteiger partial charge on any atom is 0.410 e. The Balaban J connectivity index is 1.52. The Morgan fingerprint density at radius 1 is 1.32 bits per heavy atom. The number of halogens is 1. The summed E-state index contributed by atoms with van der Waals surface area (Å²) in [5.41, 5.74) is 0.0446. The van der Waals surface area contributed by atoms with Crippen LogP contribution in [-0.4, -0.2) is 60.5 Å². The zero-order valence-electron chi connectivity index (χ0n) is 19.2. The normalized spacial score (nSPS) is 16.5. The zero-order valence-corrected chi connectivity index (χ0v) is 19.2. The van der Waals surface area contributed by atoms with Gasteiger partial charge in [-0.25, -0.2) is 24.1 Å². The highest BCUT2D eigenvalue weighted by Gasteiger charge is 2.28. The number of carbonyl (C=O) groups excluding carboxylic acids is 1. The molecule has 1 atom stereocenters. The van der Waals surface area contributed by atoms with E-state index in [0.29, 0.717) is 31.0 Å². The van der Waals surface area contributed by atoms with Gasteiger partial charge in [0.2, 0.25) is 5.82 Å². The third-order valence-corrected chi connectivity index (χ3v) is 5.39. The lowest BCUT2D eigenvalue weighted by atomic mass is 9.98. The first-order chi connectivity index (χ1) is 16.1. The Bertz CT molecular complexity index is 1220. The summed E-state index contributed by atoms with van der Waals surface area (Å²) in [4.78, 5) is 37.7. The molecule has 1 aliphatic rings. The summed E-state index contributed by atoms with van der Waals surface area (Å²) in [6, 6.07) is 2.81. The van der Waals surface area contributed by atoms with Gasteiger partial charge in [0, 0.05) is 25.8 Å². The van der Waals surface area contributed by atoms with Crippen molar-refractivity contribution < 1.29 is 18.8 Å². The lowest BCUT2D eigenvalue weighted by molar-refractivity contribution is -0.384. The van der Waals surface area contributed by atoms with Crippen molar-refractivity contribution >= 4 is 23.2 Å². The van der Waals surface area contributed by atoms with Gasteiger partial charge in [-0.05, 0) is 51.7 Å². The number of pyridine rings is 1. The van der Waals surface area contributed by atoms with Crippen LogP contribution in [-0.2, 0) is 4.74 Å². The van der Waals surface area contributed by atoms with Crippen molar-refractivity contribution in [2.24, 2.45) is 5.92 Å². The third kappa shape index (κ3) is 5.21. The number of nitro groups is 1. The largest absolute Gasteiger partial charge is 0.444 e. The van der Waals surface area contributed by atoms with Crippen LogP contribution < -0.4 is 5.32 Å². The van der Waals surface area contributed by atoms with E-state index >= 15 is 0 Å². The van der Waals surface area contributed by atoms with E-state index < -0.39 is 16.3 Å². The SMILES string of the molecule is CC(C)(C)OC(=O)N1CCCC(CNc2nc(-c3cnc4ccc(F)cn34)ncc2[N+](=O)[O-])C1. The molecule has 1 saturated heterocycles. The van der Waals surface area contributed by atoms with Crippen LogP contribution in [0.4, 0.5) is 20.7 Å². The van der Waals surface area contributed by atoms with E-state index in [2.05, 4.69) is 20.3 Å². The Hall–Kier alpha value is -3.83. The average molecular weight is 471 g/mol. The second-order valence-corrected chi connectivity index (χ2v) is 9.22. The number of nitrogens with one attached hydrogen (secondary N) is 1. The Morgan fingerprint density at radius 3 is 2.85 bits per heavy atom. The van der Waals surface area contributed by atoms with Crippen LogP contribution in [0.3, 0.4) is 0 Å². The van der Waals surface area contributed by atoms with Gasteiger partial charge in [0.25, 0.3) is 0 Å². The highest BCUT2D eigenvalue weighted by Crippen LogP contribution is 2.27. The number of amides is 1. The molecule has 0 spiro atoms. The number of rotatable bonds is 5. The molecule has 1 amide bonds. The fourth-order valence-corrected chi connectivity index (χ4v) is 3.85. The van der Waals surface area contributed by atoms with Crippen LogP contribution in [0.5, 0.6) is 0 Å². The van der Waals surface area contributed by atoms with Gasteiger partial charge in [-0.15, -0.1) is 0 Å². The first kappa shape index (κ1) is 23.3. The summed E-state index contributed by atoms with van der Waals surface area (Å²) in [5, 5.41) is 14.6. The van der Waals surface area contributed by atoms with Crippen molar-refractivity contribution in [2.45, 2.75) is 39.2 Å². The van der Waals surface area contributed by atoms with Crippen molar-refractivity contribution in [3.05, 3.63) is 46.7 Å². The van der Waals surface area contributed by atoms with Gasteiger partial charge in [0.05, 0.1) is 11.1 Å². The Kier molecular flexibility index (Phi) is 6.31. The number of hydrogen-bond donors (Lipinski definition) is 1. The van der Waals surface area contributed by atoms with Crippen LogP contribution in [0.25, 0.3) is 17.2 Å². The van der Waals surface area contributed by atoms with Gasteiger partial charge in [0.1, 0.15) is 29.0 Å². The van der Waals surface area contributed by atoms with E-state index in [1.54, 1.807) is 4.90 Å². The number of hydrogen-bond acceptors (Lipinski definition) is 8. The number of anilines is 1. The van der Waals surface area contributed by atoms with E-state index in [0.717, 1.165) is 19.0 Å². The van der Waals surface area contributed by atoms with Crippen molar-refractivity contribution in [3.8, 4) is 11.5 Å². The first-order valence-electron chi connectivity index (χ1n) is 11.0. The molecular formula is C22H26FN7O4. The number of fused-ring (bicyclic) bond motifs is 1. The minimum Gasteiger partial charge on any atom is -0.444 e. The predicted molar refractivity (Wildman–Crippen MR) is 122 cm³/mol. The molecule has 1 N–H and O–H groups in total. The topological polar surface area (TPSA) is 128 Å². The fourth-order valence-electron chi connectivity index (χ4n) is 3.85. The third-order valence-electron chi connectivity index (χ3n) is 5.39. The number of piperidine rings is 1. The lowest BCUT2D eigenvalue weighted by Gasteiger charge is -2.34. The van der Waals surface area contributed by atoms with Crippen molar-refractivity contribution in [3.63, 3.8) is 0 Å². The summed E-state index contributed by atoms with van der Waals surface area (Å²) in [5.74, 6) is -0.177. The number of nitrogens with zero attached hydrogens (tertiary/aromatic N) is 6. The first-order valence-corrected chi connectivity index (χ1v) is 11.0. The lowest BCUT2D eigenvalue weighted by Crippen LogP contribution is -2.44. The molecule has 12 heteroatoms. The summed E-state index contributed by atoms with van der Waals surface area (Å²) in [7, 11) is 0. The monoisotopic (exact) mass is 471 g/mol. The highest BCUT2D eigenvalue weighted by atomic mass is 19.1.